The highest BCUT2D eigenvalue weighted by atomic mass is 79.9. The molecule has 0 saturated carbocycles. The van der Waals surface area contributed by atoms with E-state index in [9.17, 15) is 9.59 Å². The molecule has 0 aliphatic heterocycles. The van der Waals surface area contributed by atoms with Crippen molar-refractivity contribution >= 4 is 27.7 Å². The maximum Gasteiger partial charge on any atom is 0.276 e. The summed E-state index contributed by atoms with van der Waals surface area (Å²) in [7, 11) is 0. The monoisotopic (exact) mass is 448 g/mol. The van der Waals surface area contributed by atoms with Gasteiger partial charge in [0.05, 0.1) is 6.61 Å². The van der Waals surface area contributed by atoms with Crippen LogP contribution in [0.2, 0.25) is 0 Å². The van der Waals surface area contributed by atoms with Gasteiger partial charge in [0.2, 0.25) is 0 Å². The highest BCUT2D eigenvalue weighted by Crippen LogP contribution is 2.21. The first-order valence-electron chi connectivity index (χ1n) is 9.06. The summed E-state index contributed by atoms with van der Waals surface area (Å²) in [6.45, 7) is 6.63. The minimum Gasteiger partial charge on any atom is -0.494 e. The van der Waals surface area contributed by atoms with Crippen LogP contribution in [0.25, 0.3) is 0 Å². The first kappa shape index (κ1) is 21.8. The van der Waals surface area contributed by atoms with Crippen molar-refractivity contribution < 1.29 is 19.1 Å². The molecule has 0 fully saturated rings. The van der Waals surface area contributed by atoms with Crippen molar-refractivity contribution in [3.8, 4) is 11.5 Å². The van der Waals surface area contributed by atoms with E-state index in [2.05, 4.69) is 40.6 Å². The molecule has 0 spiro atoms. The normalized spacial score (nSPS) is 10.5. The molecule has 0 aliphatic carbocycles. The highest BCUT2D eigenvalue weighted by molar-refractivity contribution is 9.10. The zero-order valence-corrected chi connectivity index (χ0v) is 17.8. The second-order valence-corrected chi connectivity index (χ2v) is 7.61. The molecule has 0 saturated heterocycles. The quantitative estimate of drug-likeness (QED) is 0.597. The third kappa shape index (κ3) is 7.23. The summed E-state index contributed by atoms with van der Waals surface area (Å²) in [5.41, 5.74) is 6.12. The predicted molar refractivity (Wildman–Crippen MR) is 111 cm³/mol. The van der Waals surface area contributed by atoms with Crippen molar-refractivity contribution in [2.24, 2.45) is 5.92 Å². The molecule has 0 unspecified atom stereocenters. The number of nitrogens with one attached hydrogen (secondary N) is 2. The lowest BCUT2D eigenvalue weighted by atomic mass is 10.1. The number of hydrazine groups is 1. The molecule has 2 amide bonds. The van der Waals surface area contributed by atoms with Crippen LogP contribution in [-0.2, 0) is 4.79 Å². The van der Waals surface area contributed by atoms with Crippen LogP contribution < -0.4 is 20.3 Å². The molecule has 0 bridgehead atoms. The van der Waals surface area contributed by atoms with Gasteiger partial charge in [-0.25, -0.2) is 0 Å². The van der Waals surface area contributed by atoms with E-state index >= 15 is 0 Å². The van der Waals surface area contributed by atoms with Crippen LogP contribution in [0.4, 0.5) is 0 Å². The van der Waals surface area contributed by atoms with E-state index in [-0.39, 0.29) is 6.61 Å². The van der Waals surface area contributed by atoms with Gasteiger partial charge in [-0.15, -0.1) is 0 Å². The number of aryl methyl sites for hydroxylation is 1. The number of amides is 2. The Morgan fingerprint density at radius 1 is 1.00 bits per heavy atom. The smallest absolute Gasteiger partial charge is 0.276 e. The van der Waals surface area contributed by atoms with Crippen LogP contribution in [-0.4, -0.2) is 25.0 Å². The topological polar surface area (TPSA) is 76.7 Å². The fraction of sp³-hybridized carbons (Fsp3) is 0.333. The molecule has 2 rings (SSSR count). The Labute approximate surface area is 173 Å². The van der Waals surface area contributed by atoms with Gasteiger partial charge in [-0.2, -0.15) is 0 Å². The van der Waals surface area contributed by atoms with Crippen molar-refractivity contribution in [2.45, 2.75) is 27.2 Å². The molecule has 0 heterocycles. The van der Waals surface area contributed by atoms with E-state index in [0.717, 1.165) is 16.5 Å². The lowest BCUT2D eigenvalue weighted by Gasteiger charge is -2.10. The van der Waals surface area contributed by atoms with Gasteiger partial charge in [-0.3, -0.25) is 20.4 Å². The summed E-state index contributed by atoms with van der Waals surface area (Å²) in [5, 5.41) is 0. The van der Waals surface area contributed by atoms with Crippen LogP contribution >= 0.6 is 15.9 Å². The summed E-state index contributed by atoms with van der Waals surface area (Å²) in [4.78, 5) is 24.0. The molecule has 2 aromatic rings. The molecule has 6 nitrogen and oxygen atoms in total. The van der Waals surface area contributed by atoms with Gasteiger partial charge in [-0.1, -0.05) is 29.8 Å². The number of rotatable bonds is 8. The van der Waals surface area contributed by atoms with Gasteiger partial charge in [0.15, 0.2) is 6.61 Å². The molecule has 150 valence electrons. The van der Waals surface area contributed by atoms with Crippen LogP contribution in [0.3, 0.4) is 0 Å². The van der Waals surface area contributed by atoms with Gasteiger partial charge in [0, 0.05) is 10.0 Å². The fourth-order valence-electron chi connectivity index (χ4n) is 2.21. The lowest BCUT2D eigenvalue weighted by molar-refractivity contribution is -0.123. The molecule has 28 heavy (non-hydrogen) atoms. The molecular formula is C21H25BrN2O4. The molecule has 0 atom stereocenters. The van der Waals surface area contributed by atoms with E-state index in [1.165, 1.54) is 0 Å². The maximum absolute atomic E-state index is 12.1. The number of hydrogen-bond donors (Lipinski definition) is 2. The second-order valence-electron chi connectivity index (χ2n) is 6.76. The maximum atomic E-state index is 12.1. The molecule has 2 aromatic carbocycles. The Kier molecular flexibility index (Phi) is 8.32. The minimum absolute atomic E-state index is 0.204. The third-order valence-electron chi connectivity index (χ3n) is 3.90. The van der Waals surface area contributed by atoms with Gasteiger partial charge in [-0.05, 0) is 67.3 Å². The Balaban J connectivity index is 1.74. The van der Waals surface area contributed by atoms with E-state index in [1.807, 2.05) is 19.1 Å². The molecular weight excluding hydrogens is 424 g/mol. The first-order chi connectivity index (χ1) is 13.3. The Morgan fingerprint density at radius 3 is 2.32 bits per heavy atom. The Morgan fingerprint density at radius 2 is 1.68 bits per heavy atom. The van der Waals surface area contributed by atoms with Crippen molar-refractivity contribution in [3.63, 3.8) is 0 Å². The van der Waals surface area contributed by atoms with Gasteiger partial charge in [0.1, 0.15) is 11.5 Å². The molecule has 7 heteroatoms. The molecule has 0 aliphatic rings. The average molecular weight is 449 g/mol. The summed E-state index contributed by atoms with van der Waals surface area (Å²) in [6, 6.07) is 12.2. The van der Waals surface area contributed by atoms with Gasteiger partial charge >= 0.3 is 0 Å². The zero-order valence-electron chi connectivity index (χ0n) is 16.3. The highest BCUT2D eigenvalue weighted by Gasteiger charge is 2.09. The van der Waals surface area contributed by atoms with Crippen LogP contribution in [0.1, 0.15) is 36.2 Å². The van der Waals surface area contributed by atoms with Gasteiger partial charge in [0.25, 0.3) is 11.8 Å². The van der Waals surface area contributed by atoms with Gasteiger partial charge < -0.3 is 9.47 Å². The number of carbonyl (C=O) groups excluding carboxylic acids is 2. The van der Waals surface area contributed by atoms with Crippen molar-refractivity contribution in [2.75, 3.05) is 13.2 Å². The van der Waals surface area contributed by atoms with Crippen LogP contribution in [0.5, 0.6) is 11.5 Å². The standard InChI is InChI=1S/C21H25BrN2O4/c1-14(2)10-11-27-17-6-4-16(5-7-17)21(26)24-23-20(25)13-28-18-8-9-19(22)15(3)12-18/h4-9,12,14H,10-11,13H2,1-3H3,(H,23,25)(H,24,26). The van der Waals surface area contributed by atoms with Crippen LogP contribution in [0, 0.1) is 12.8 Å². The van der Waals surface area contributed by atoms with Crippen molar-refractivity contribution in [1.82, 2.24) is 10.9 Å². The Hall–Kier alpha value is -2.54. The van der Waals surface area contributed by atoms with Crippen molar-refractivity contribution in [3.05, 3.63) is 58.1 Å². The molecule has 2 N–H and O–H groups in total. The Bertz CT molecular complexity index is 807. The zero-order chi connectivity index (χ0) is 20.5. The SMILES string of the molecule is Cc1cc(OCC(=O)NNC(=O)c2ccc(OCCC(C)C)cc2)ccc1Br. The van der Waals surface area contributed by atoms with E-state index < -0.39 is 11.8 Å². The number of halogens is 1. The lowest BCUT2D eigenvalue weighted by Crippen LogP contribution is -2.43. The first-order valence-corrected chi connectivity index (χ1v) is 9.85. The summed E-state index contributed by atoms with van der Waals surface area (Å²) in [5.74, 6) is 0.990. The molecule has 0 aromatic heterocycles. The predicted octanol–water partition coefficient (Wildman–Crippen LogP) is 4.02. The van der Waals surface area contributed by atoms with E-state index in [0.29, 0.717) is 29.6 Å². The largest absolute Gasteiger partial charge is 0.494 e. The van der Waals surface area contributed by atoms with Crippen LogP contribution in [0.15, 0.2) is 46.9 Å². The summed E-state index contributed by atoms with van der Waals surface area (Å²) < 4.78 is 12.0. The number of benzene rings is 2. The van der Waals surface area contributed by atoms with Crippen molar-refractivity contribution in [1.29, 1.82) is 0 Å². The average Bonchev–Trinajstić information content (AvgIpc) is 2.67. The van der Waals surface area contributed by atoms with E-state index in [4.69, 9.17) is 9.47 Å². The summed E-state index contributed by atoms with van der Waals surface area (Å²) >= 11 is 3.40. The number of ether oxygens (including phenoxy) is 2. The third-order valence-corrected chi connectivity index (χ3v) is 4.78. The minimum atomic E-state index is -0.456. The van der Waals surface area contributed by atoms with E-state index in [1.54, 1.807) is 30.3 Å². The second kappa shape index (κ2) is 10.7. The fourth-order valence-corrected chi connectivity index (χ4v) is 2.45. The summed E-state index contributed by atoms with van der Waals surface area (Å²) in [6.07, 6.45) is 0.968. The molecule has 0 radical (unpaired) electrons. The number of carbonyl (C=O) groups is 2. The number of hydrogen-bond acceptors (Lipinski definition) is 4.